The van der Waals surface area contributed by atoms with E-state index in [1.165, 1.54) is 32.1 Å². The maximum atomic E-state index is 14.0. The molecule has 0 saturated heterocycles. The molecule has 2 rings (SSSR count). The van der Waals surface area contributed by atoms with Crippen LogP contribution >= 0.6 is 15.9 Å². The largest absolute Gasteiger partial charge is 0.314 e. The van der Waals surface area contributed by atoms with Crippen molar-refractivity contribution in [2.45, 2.75) is 51.5 Å². The second kappa shape index (κ2) is 7.39. The predicted molar refractivity (Wildman–Crippen MR) is 81.8 cm³/mol. The molecule has 0 bridgehead atoms. The van der Waals surface area contributed by atoms with Crippen LogP contribution in [0.25, 0.3) is 0 Å². The summed E-state index contributed by atoms with van der Waals surface area (Å²) < 4.78 is 14.8. The number of hydrogen-bond acceptors (Lipinski definition) is 1. The average molecular weight is 328 g/mol. The molecule has 0 amide bonds. The van der Waals surface area contributed by atoms with Gasteiger partial charge >= 0.3 is 0 Å². The zero-order chi connectivity index (χ0) is 13.7. The van der Waals surface area contributed by atoms with E-state index >= 15 is 0 Å². The van der Waals surface area contributed by atoms with Gasteiger partial charge in [-0.2, -0.15) is 0 Å². The van der Waals surface area contributed by atoms with E-state index in [1.54, 1.807) is 6.07 Å². The first-order valence-corrected chi connectivity index (χ1v) is 8.17. The molecule has 106 valence electrons. The minimum Gasteiger partial charge on any atom is -0.314 e. The molecule has 0 aliphatic heterocycles. The van der Waals surface area contributed by atoms with Crippen LogP contribution < -0.4 is 5.32 Å². The quantitative estimate of drug-likeness (QED) is 0.791. The van der Waals surface area contributed by atoms with Crippen molar-refractivity contribution in [2.24, 2.45) is 5.92 Å². The van der Waals surface area contributed by atoms with Crippen molar-refractivity contribution in [3.8, 4) is 0 Å². The SMILES string of the molecule is CCNC1CCCCCC1Cc1ccc(Br)cc1F. The van der Waals surface area contributed by atoms with Gasteiger partial charge in [-0.25, -0.2) is 4.39 Å². The van der Waals surface area contributed by atoms with E-state index in [0.29, 0.717) is 12.0 Å². The van der Waals surface area contributed by atoms with E-state index < -0.39 is 0 Å². The number of rotatable bonds is 4. The Morgan fingerprint density at radius 2 is 2.05 bits per heavy atom. The number of halogens is 2. The van der Waals surface area contributed by atoms with Crippen molar-refractivity contribution in [3.63, 3.8) is 0 Å². The van der Waals surface area contributed by atoms with Crippen LogP contribution in [0.3, 0.4) is 0 Å². The number of nitrogens with one attached hydrogen (secondary N) is 1. The van der Waals surface area contributed by atoms with Crippen molar-refractivity contribution in [1.29, 1.82) is 0 Å². The predicted octanol–water partition coefficient (Wildman–Crippen LogP) is 4.69. The summed E-state index contributed by atoms with van der Waals surface area (Å²) in [7, 11) is 0. The summed E-state index contributed by atoms with van der Waals surface area (Å²) in [6.07, 6.45) is 7.21. The molecule has 19 heavy (non-hydrogen) atoms. The highest BCUT2D eigenvalue weighted by atomic mass is 79.9. The molecule has 0 aromatic heterocycles. The average Bonchev–Trinajstić information content (AvgIpc) is 2.59. The zero-order valence-electron chi connectivity index (χ0n) is 11.6. The Hall–Kier alpha value is -0.410. The Balaban J connectivity index is 2.09. The molecular formula is C16H23BrFN. The van der Waals surface area contributed by atoms with Crippen LogP contribution in [0.2, 0.25) is 0 Å². The zero-order valence-corrected chi connectivity index (χ0v) is 13.2. The van der Waals surface area contributed by atoms with E-state index in [-0.39, 0.29) is 5.82 Å². The fourth-order valence-corrected chi connectivity index (χ4v) is 3.46. The van der Waals surface area contributed by atoms with E-state index in [2.05, 4.69) is 28.2 Å². The standard InChI is InChI=1S/C16H23BrFN/c1-2-19-16-7-5-3-4-6-13(16)10-12-8-9-14(17)11-15(12)18/h8-9,11,13,16,19H,2-7,10H2,1H3. The Morgan fingerprint density at radius 3 is 2.79 bits per heavy atom. The molecule has 1 fully saturated rings. The third-order valence-corrected chi connectivity index (χ3v) is 4.62. The second-order valence-corrected chi connectivity index (χ2v) is 6.42. The molecule has 1 aromatic rings. The minimum atomic E-state index is -0.0751. The molecular weight excluding hydrogens is 305 g/mol. The number of benzene rings is 1. The summed E-state index contributed by atoms with van der Waals surface area (Å²) in [6.45, 7) is 3.16. The van der Waals surface area contributed by atoms with Gasteiger partial charge in [0.1, 0.15) is 5.82 Å². The van der Waals surface area contributed by atoms with Crippen LogP contribution in [0.5, 0.6) is 0 Å². The van der Waals surface area contributed by atoms with E-state index in [1.807, 2.05) is 12.1 Å². The van der Waals surface area contributed by atoms with Crippen molar-refractivity contribution < 1.29 is 4.39 Å². The maximum Gasteiger partial charge on any atom is 0.127 e. The van der Waals surface area contributed by atoms with Gasteiger partial charge in [-0.15, -0.1) is 0 Å². The van der Waals surface area contributed by atoms with Gasteiger partial charge in [-0.1, -0.05) is 48.2 Å². The summed E-state index contributed by atoms with van der Waals surface area (Å²) in [5, 5.41) is 3.59. The van der Waals surface area contributed by atoms with Gasteiger partial charge in [0.15, 0.2) is 0 Å². The summed E-state index contributed by atoms with van der Waals surface area (Å²) >= 11 is 3.32. The molecule has 1 aromatic carbocycles. The minimum absolute atomic E-state index is 0.0751. The van der Waals surface area contributed by atoms with E-state index in [9.17, 15) is 4.39 Å². The summed E-state index contributed by atoms with van der Waals surface area (Å²) in [5.74, 6) is 0.493. The van der Waals surface area contributed by atoms with Crippen molar-refractivity contribution in [1.82, 2.24) is 5.32 Å². The third-order valence-electron chi connectivity index (χ3n) is 4.12. The van der Waals surface area contributed by atoms with Crippen LogP contribution in [0, 0.1) is 11.7 Å². The van der Waals surface area contributed by atoms with Crippen LogP contribution in [-0.2, 0) is 6.42 Å². The molecule has 2 unspecified atom stereocenters. The lowest BCUT2D eigenvalue weighted by molar-refractivity contribution is 0.334. The molecule has 1 nitrogen and oxygen atoms in total. The molecule has 0 heterocycles. The number of hydrogen-bond donors (Lipinski definition) is 1. The van der Waals surface area contributed by atoms with E-state index in [4.69, 9.17) is 0 Å². The molecule has 3 heteroatoms. The summed E-state index contributed by atoms with van der Waals surface area (Å²) in [6, 6.07) is 5.99. The van der Waals surface area contributed by atoms with Crippen molar-refractivity contribution >= 4 is 15.9 Å². The molecule has 0 spiro atoms. The monoisotopic (exact) mass is 327 g/mol. The highest BCUT2D eigenvalue weighted by Gasteiger charge is 2.24. The normalized spacial score (nSPS) is 24.2. The smallest absolute Gasteiger partial charge is 0.127 e. The summed E-state index contributed by atoms with van der Waals surface area (Å²) in [5.41, 5.74) is 0.859. The van der Waals surface area contributed by atoms with Gasteiger partial charge in [0, 0.05) is 10.5 Å². The fraction of sp³-hybridized carbons (Fsp3) is 0.625. The first kappa shape index (κ1) is 15.0. The second-order valence-electron chi connectivity index (χ2n) is 5.50. The molecule has 2 atom stereocenters. The van der Waals surface area contributed by atoms with Gasteiger partial charge in [-0.3, -0.25) is 0 Å². The van der Waals surface area contributed by atoms with Crippen LogP contribution in [-0.4, -0.2) is 12.6 Å². The summed E-state index contributed by atoms with van der Waals surface area (Å²) in [4.78, 5) is 0. The van der Waals surface area contributed by atoms with Gasteiger partial charge in [0.2, 0.25) is 0 Å². The van der Waals surface area contributed by atoms with Gasteiger partial charge < -0.3 is 5.32 Å². The van der Waals surface area contributed by atoms with E-state index in [0.717, 1.165) is 23.0 Å². The lowest BCUT2D eigenvalue weighted by atomic mass is 9.88. The van der Waals surface area contributed by atoms with Crippen molar-refractivity contribution in [3.05, 3.63) is 34.1 Å². The molecule has 1 aliphatic carbocycles. The fourth-order valence-electron chi connectivity index (χ4n) is 3.13. The molecule has 1 saturated carbocycles. The first-order valence-electron chi connectivity index (χ1n) is 7.38. The molecule has 1 N–H and O–H groups in total. The van der Waals surface area contributed by atoms with Gasteiger partial charge in [0.05, 0.1) is 0 Å². The molecule has 1 aliphatic rings. The van der Waals surface area contributed by atoms with Crippen molar-refractivity contribution in [2.75, 3.05) is 6.54 Å². The topological polar surface area (TPSA) is 12.0 Å². The van der Waals surface area contributed by atoms with Crippen LogP contribution in [0.15, 0.2) is 22.7 Å². The Labute approximate surface area is 124 Å². The first-order chi connectivity index (χ1) is 9.20. The van der Waals surface area contributed by atoms with Gasteiger partial charge in [-0.05, 0) is 49.4 Å². The Kier molecular flexibility index (Phi) is 5.83. The lowest BCUT2D eigenvalue weighted by Crippen LogP contribution is -2.36. The van der Waals surface area contributed by atoms with Crippen LogP contribution in [0.1, 0.15) is 44.6 Å². The lowest BCUT2D eigenvalue weighted by Gasteiger charge is -2.26. The third kappa shape index (κ3) is 4.28. The van der Waals surface area contributed by atoms with Crippen LogP contribution in [0.4, 0.5) is 4.39 Å². The highest BCUT2D eigenvalue weighted by Crippen LogP contribution is 2.28. The molecule has 0 radical (unpaired) electrons. The maximum absolute atomic E-state index is 14.0. The van der Waals surface area contributed by atoms with Gasteiger partial charge in [0.25, 0.3) is 0 Å². The Morgan fingerprint density at radius 1 is 1.26 bits per heavy atom. The Bertz CT molecular complexity index is 408. The highest BCUT2D eigenvalue weighted by molar-refractivity contribution is 9.10.